The molecule has 0 aliphatic carbocycles. The van der Waals surface area contributed by atoms with E-state index < -0.39 is 11.4 Å². The maximum absolute atomic E-state index is 13.3. The number of nitrogens with zero attached hydrogens (tertiary/aromatic N) is 26. The number of aromatic nitrogens is 31. The lowest BCUT2D eigenvalue weighted by Crippen LogP contribution is -2.20. The quantitative estimate of drug-likeness (QED) is 0.0706. The SMILES string of the molecule is CC(C)n1cc(F)c2c(=O)[nH]cnc21.CC(C)n1ccc(=O)c2nccn21.CC(C)n1ccc(=O)n2ccnc12.CC(C)n1ccc2c(=O)[nH]cnc21.CC(C)n1ccc2c(N)ccnc21.CC(C)n1cnc2c(=O)[nH]c3nccn3c21.CC(C)n1cnc2c(=O)[nH]ccc21.CC(C)n1cnc2c(=O)n3c(nc21)NC(=O)C3.CC(C)n1cnc2c(=O)n3ccnc3[nH]c21. The summed E-state index contributed by atoms with van der Waals surface area (Å²) in [5.74, 6) is 1.33. The molecule has 20 aromatic heterocycles. The van der Waals surface area contributed by atoms with Gasteiger partial charge in [0.1, 0.15) is 28.9 Å². The second-order valence-corrected chi connectivity index (χ2v) is 32.2. The molecule has 128 heavy (non-hydrogen) atoms. The fraction of sp³-hybridized carbons (Fsp3) is 0.329. The molecule has 0 spiro atoms. The summed E-state index contributed by atoms with van der Waals surface area (Å²) in [4.78, 5) is 166. The minimum absolute atomic E-state index is 0.0195. The number of fused-ring (bicyclic) bond motifs is 13. The van der Waals surface area contributed by atoms with Gasteiger partial charge in [-0.3, -0.25) is 71.5 Å². The van der Waals surface area contributed by atoms with Crippen molar-refractivity contribution >= 4 is 118 Å². The molecule has 1 amide bonds. The predicted molar refractivity (Wildman–Crippen MR) is 486 cm³/mol. The zero-order chi connectivity index (χ0) is 92.1. The van der Waals surface area contributed by atoms with Gasteiger partial charge in [0.05, 0.1) is 48.9 Å². The molecule has 0 atom stereocenters. The standard InChI is InChI=1S/C10H11N5O2.2C10H11N5O.C10H13N3.C9H10FN3O.4C9H11N3O/c1-5(2)15-4-11-7-8(15)13-10-12-6(16)3-14(10)9(7)17;1-6(2)15-5-12-7-8(16)13-10-11-3-4-14(10)9(7)15;1-6(2)15-5-12-7-8(15)13-10-11-3-4-14(10)9(7)16;1-7(2)13-6-4-8-9(11)3-5-12-10(8)13;1-5(2)13-3-6(10)7-8(13)11-4-12-9(7)14;1-7(2)11-5-3-8(13)12-6-4-10-9(11)12;1-7(2)11-5-3-8(13)9-10-4-6-12(9)11;1-6(2)12-5-11-8-7(12)3-4-10-9(8)13;1-6(2)12-4-3-7-8(12)10-5-11-9(7)13/h4-5H,3H2,1-2H3,(H,12,13,16);3-6H,1-2H3,(H,11,13,16);3-6H,1-2H3,(H,11,13);3-7H,1-2H3,(H2,11,12);3-5H,1-2H3,(H,11,12,14);2*3-7H,1-2H3;3-6H,1-2H3,(H,10,13);3-6H,1-2H3,(H,10,11,13). The molecule has 20 aromatic rings. The van der Waals surface area contributed by atoms with Crippen molar-refractivity contribution < 1.29 is 9.18 Å². The van der Waals surface area contributed by atoms with Gasteiger partial charge in [-0.1, -0.05) is 0 Å². The van der Waals surface area contributed by atoms with Crippen LogP contribution in [-0.4, -0.2) is 154 Å². The summed E-state index contributed by atoms with van der Waals surface area (Å²) in [6, 6.07) is 13.0. The normalized spacial score (nSPS) is 11.9. The summed E-state index contributed by atoms with van der Waals surface area (Å²) in [5.41, 5.74) is 12.5. The number of nitrogens with one attached hydrogen (secondary N) is 6. The molecule has 0 saturated heterocycles. The van der Waals surface area contributed by atoms with E-state index in [1.165, 1.54) is 27.8 Å². The van der Waals surface area contributed by atoms with Crippen LogP contribution in [0, 0.1) is 5.82 Å². The number of H-pyrrole nitrogens is 5. The van der Waals surface area contributed by atoms with Gasteiger partial charge in [-0.2, -0.15) is 4.98 Å². The van der Waals surface area contributed by atoms with Gasteiger partial charge in [-0.05, 0) is 149 Å². The monoisotopic (exact) mass is 1750 g/mol. The van der Waals surface area contributed by atoms with Crippen LogP contribution in [0.5, 0.6) is 0 Å². The van der Waals surface area contributed by atoms with Crippen molar-refractivity contribution in [3.8, 4) is 0 Å². The van der Waals surface area contributed by atoms with E-state index in [0.29, 0.717) is 97.9 Å². The largest absolute Gasteiger partial charge is 0.398 e. The summed E-state index contributed by atoms with van der Waals surface area (Å²) in [6.45, 7) is 36.7. The first kappa shape index (κ1) is 89.9. The van der Waals surface area contributed by atoms with E-state index in [4.69, 9.17) is 5.73 Å². The van der Waals surface area contributed by atoms with Crippen molar-refractivity contribution in [1.29, 1.82) is 0 Å². The lowest BCUT2D eigenvalue weighted by Gasteiger charge is -2.12. The van der Waals surface area contributed by atoms with Gasteiger partial charge in [0.2, 0.25) is 34.6 Å². The zero-order valence-corrected chi connectivity index (χ0v) is 73.7. The number of nitrogens with two attached hydrogens (primary N) is 1. The number of aromatic amines is 5. The van der Waals surface area contributed by atoms with Crippen LogP contribution in [-0.2, 0) is 11.3 Å². The molecule has 8 N–H and O–H groups in total. The van der Waals surface area contributed by atoms with Gasteiger partial charge >= 0.3 is 0 Å². The summed E-state index contributed by atoms with van der Waals surface area (Å²) in [6.07, 6.45) is 34.9. The summed E-state index contributed by atoms with van der Waals surface area (Å²) >= 11 is 0. The van der Waals surface area contributed by atoms with Crippen molar-refractivity contribution in [2.24, 2.45) is 0 Å². The van der Waals surface area contributed by atoms with E-state index in [1.54, 1.807) is 125 Å². The van der Waals surface area contributed by atoms with Crippen LogP contribution < -0.4 is 55.4 Å². The topological polar surface area (TPSA) is 492 Å². The van der Waals surface area contributed by atoms with Crippen molar-refractivity contribution in [1.82, 2.24) is 148 Å². The Labute approximate surface area is 724 Å². The molecule has 0 fully saturated rings. The summed E-state index contributed by atoms with van der Waals surface area (Å²) < 4.78 is 38.6. The predicted octanol–water partition coefficient (Wildman–Crippen LogP) is 10.4. The number of nitrogen functional groups attached to an aromatic ring is 1. The Bertz CT molecular complexity index is 7700. The molecule has 0 saturated carbocycles. The summed E-state index contributed by atoms with van der Waals surface area (Å²) in [5, 5.41) is 4.27. The Morgan fingerprint density at radius 3 is 1.61 bits per heavy atom. The summed E-state index contributed by atoms with van der Waals surface area (Å²) in [7, 11) is 0. The van der Waals surface area contributed by atoms with Gasteiger partial charge in [0, 0.05) is 171 Å². The molecule has 1 aliphatic rings. The highest BCUT2D eigenvalue weighted by atomic mass is 19.1. The molecular formula is C85H100FN33O9. The van der Waals surface area contributed by atoms with Gasteiger partial charge in [0.15, 0.2) is 50.5 Å². The van der Waals surface area contributed by atoms with Crippen molar-refractivity contribution in [3.63, 3.8) is 0 Å². The fourth-order valence-corrected chi connectivity index (χ4v) is 14.0. The highest BCUT2D eigenvalue weighted by Gasteiger charge is 2.25. The van der Waals surface area contributed by atoms with E-state index >= 15 is 0 Å². The Balaban J connectivity index is 0.000000123. The van der Waals surface area contributed by atoms with Gasteiger partial charge in [-0.25, -0.2) is 68.1 Å². The van der Waals surface area contributed by atoms with E-state index in [0.717, 1.165) is 39.2 Å². The molecule has 666 valence electrons. The molecule has 0 radical (unpaired) electrons. The third-order valence-electron chi connectivity index (χ3n) is 20.6. The van der Waals surface area contributed by atoms with Crippen LogP contribution >= 0.6 is 0 Å². The van der Waals surface area contributed by atoms with Crippen molar-refractivity contribution in [3.05, 3.63) is 256 Å². The van der Waals surface area contributed by atoms with Crippen LogP contribution in [0.3, 0.4) is 0 Å². The average Bonchev–Trinajstić information content (AvgIpc) is 1.61. The van der Waals surface area contributed by atoms with E-state index in [1.807, 2.05) is 129 Å². The smallest absolute Gasteiger partial charge is 0.287 e. The lowest BCUT2D eigenvalue weighted by molar-refractivity contribution is -0.115. The molecule has 43 heteroatoms. The second kappa shape index (κ2) is 37.7. The zero-order valence-electron chi connectivity index (χ0n) is 73.7. The van der Waals surface area contributed by atoms with Crippen molar-refractivity contribution in [2.45, 2.75) is 186 Å². The number of anilines is 2. The first-order valence-electron chi connectivity index (χ1n) is 41.3. The maximum Gasteiger partial charge on any atom is 0.287 e. The van der Waals surface area contributed by atoms with Crippen LogP contribution in [0.15, 0.2) is 206 Å². The molecule has 42 nitrogen and oxygen atoms in total. The number of amides is 1. The van der Waals surface area contributed by atoms with E-state index in [9.17, 15) is 47.5 Å². The number of imidazole rings is 8. The third-order valence-corrected chi connectivity index (χ3v) is 20.6. The van der Waals surface area contributed by atoms with Gasteiger partial charge in [-0.15, -0.1) is 0 Å². The van der Waals surface area contributed by atoms with Crippen LogP contribution in [0.2, 0.25) is 0 Å². The molecular weight excluding hydrogens is 1650 g/mol. The Morgan fingerprint density at radius 1 is 0.398 bits per heavy atom. The lowest BCUT2D eigenvalue weighted by atomic mass is 10.3. The first-order valence-corrected chi connectivity index (χ1v) is 41.3. The van der Waals surface area contributed by atoms with E-state index in [2.05, 4.69) is 164 Å². The Morgan fingerprint density at radius 2 is 0.945 bits per heavy atom. The van der Waals surface area contributed by atoms with E-state index in [-0.39, 0.29) is 80.8 Å². The minimum atomic E-state index is -0.525. The molecule has 1 aliphatic heterocycles. The second-order valence-electron chi connectivity index (χ2n) is 32.2. The number of hydrogen-bond donors (Lipinski definition) is 7. The maximum atomic E-state index is 13.3. The Kier molecular flexibility index (Phi) is 26.4. The third kappa shape index (κ3) is 18.2. The highest BCUT2D eigenvalue weighted by molar-refractivity contribution is 5.93. The molecule has 0 bridgehead atoms. The molecule has 0 unspecified atom stereocenters. The molecule has 21 heterocycles. The number of hydrogen-bond acceptors (Lipinski definition) is 22. The van der Waals surface area contributed by atoms with Crippen LogP contribution in [0.25, 0.3) is 101 Å². The Hall–Kier alpha value is -15.9. The van der Waals surface area contributed by atoms with Crippen LogP contribution in [0.1, 0.15) is 179 Å². The minimum Gasteiger partial charge on any atom is -0.398 e. The van der Waals surface area contributed by atoms with Crippen LogP contribution in [0.4, 0.5) is 16.0 Å². The molecule has 21 rings (SSSR count). The number of carbonyl (C=O) groups excluding carboxylic acids is 1. The number of carbonyl (C=O) groups is 1. The average molecular weight is 1750 g/mol. The van der Waals surface area contributed by atoms with Gasteiger partial charge < -0.3 is 62.2 Å². The first-order chi connectivity index (χ1) is 61.0. The number of rotatable bonds is 9. The number of halogens is 1. The molecule has 0 aromatic carbocycles. The highest BCUT2D eigenvalue weighted by Crippen LogP contribution is 2.25. The number of pyridine rings is 2. The van der Waals surface area contributed by atoms with Gasteiger partial charge in [0.25, 0.3) is 38.9 Å². The fourth-order valence-electron chi connectivity index (χ4n) is 14.0. The van der Waals surface area contributed by atoms with Crippen molar-refractivity contribution in [2.75, 3.05) is 11.1 Å².